The van der Waals surface area contributed by atoms with Gasteiger partial charge in [-0.1, -0.05) is 29.3 Å². The van der Waals surface area contributed by atoms with Crippen molar-refractivity contribution in [3.8, 4) is 11.6 Å². The van der Waals surface area contributed by atoms with Gasteiger partial charge in [-0.15, -0.1) is 0 Å². The van der Waals surface area contributed by atoms with Gasteiger partial charge in [0.05, 0.1) is 41.1 Å². The molecule has 10 nitrogen and oxygen atoms in total. The first-order chi connectivity index (χ1) is 20.0. The first-order valence-electron chi connectivity index (χ1n) is 13.7. The third-order valence-corrected chi connectivity index (χ3v) is 7.62. The number of benzene rings is 2. The molecular weight excluding hydrogens is 571 g/mol. The van der Waals surface area contributed by atoms with Gasteiger partial charge in [-0.05, 0) is 49.7 Å². The number of amides is 1. The summed E-state index contributed by atoms with van der Waals surface area (Å²) in [6.07, 6.45) is 1.28. The fourth-order valence-corrected chi connectivity index (χ4v) is 5.01. The van der Waals surface area contributed by atoms with Crippen LogP contribution in [0, 0.1) is 0 Å². The average Bonchev–Trinajstić information content (AvgIpc) is 2.98. The molecule has 3 aromatic rings. The van der Waals surface area contributed by atoms with E-state index in [0.717, 1.165) is 62.4 Å². The summed E-state index contributed by atoms with van der Waals surface area (Å²) in [4.78, 5) is 22.5. The molecule has 0 saturated carbocycles. The number of aliphatic hydroxyl groups excluding tert-OH is 2. The fourth-order valence-electron chi connectivity index (χ4n) is 4.59. The smallest absolute Gasteiger partial charge is 0.412 e. The van der Waals surface area contributed by atoms with Gasteiger partial charge in [-0.25, -0.2) is 9.78 Å². The second kappa shape index (κ2) is 15.8. The number of nitrogens with zero attached hydrogens (tertiary/aromatic N) is 4. The van der Waals surface area contributed by atoms with E-state index in [9.17, 15) is 4.79 Å². The van der Waals surface area contributed by atoms with Crippen LogP contribution in [0.5, 0.6) is 11.6 Å². The number of ether oxygens (including phenoxy) is 3. The van der Waals surface area contributed by atoms with E-state index < -0.39 is 6.09 Å². The van der Waals surface area contributed by atoms with Crippen molar-refractivity contribution in [1.82, 2.24) is 14.8 Å². The summed E-state index contributed by atoms with van der Waals surface area (Å²) in [5, 5.41) is 20.2. The molecular formula is C29H36Cl2N4O6. The molecule has 0 bridgehead atoms. The molecule has 2 heterocycles. The number of anilines is 1. The van der Waals surface area contributed by atoms with Crippen LogP contribution in [0.1, 0.15) is 12.8 Å². The van der Waals surface area contributed by atoms with Crippen LogP contribution >= 0.6 is 23.2 Å². The molecule has 2 N–H and O–H groups in total. The minimum atomic E-state index is -0.686. The molecule has 0 spiro atoms. The third kappa shape index (κ3) is 8.98. The lowest BCUT2D eigenvalue weighted by molar-refractivity contribution is 0.0269. The zero-order chi connectivity index (χ0) is 29.0. The summed E-state index contributed by atoms with van der Waals surface area (Å²) >= 11 is 12.6. The predicted molar refractivity (Wildman–Crippen MR) is 159 cm³/mol. The topological polar surface area (TPSA) is 108 Å². The van der Waals surface area contributed by atoms with E-state index in [1.165, 1.54) is 4.90 Å². The van der Waals surface area contributed by atoms with Crippen molar-refractivity contribution in [3.63, 3.8) is 0 Å². The summed E-state index contributed by atoms with van der Waals surface area (Å²) in [6, 6.07) is 15.0. The first kappa shape index (κ1) is 30.9. The molecule has 41 heavy (non-hydrogen) atoms. The Morgan fingerprint density at radius 3 is 2.46 bits per heavy atom. The van der Waals surface area contributed by atoms with Gasteiger partial charge in [0, 0.05) is 56.8 Å². The number of pyridine rings is 1. The Labute approximate surface area is 249 Å². The highest BCUT2D eigenvalue weighted by atomic mass is 35.5. The van der Waals surface area contributed by atoms with E-state index in [1.54, 1.807) is 6.07 Å². The molecule has 222 valence electrons. The van der Waals surface area contributed by atoms with Gasteiger partial charge >= 0.3 is 6.09 Å². The predicted octanol–water partition coefficient (Wildman–Crippen LogP) is 4.28. The molecule has 1 aromatic heterocycles. The van der Waals surface area contributed by atoms with Crippen molar-refractivity contribution in [1.29, 1.82) is 0 Å². The van der Waals surface area contributed by atoms with Gasteiger partial charge in [0.25, 0.3) is 0 Å². The number of carbonyl (C=O) groups excluding carboxylic acids is 1. The lowest BCUT2D eigenvalue weighted by atomic mass is 10.2. The average molecular weight is 608 g/mol. The van der Waals surface area contributed by atoms with E-state index >= 15 is 0 Å². The normalized spacial score (nSPS) is 13.8. The van der Waals surface area contributed by atoms with E-state index in [1.807, 2.05) is 42.5 Å². The van der Waals surface area contributed by atoms with Gasteiger partial charge in [0.2, 0.25) is 12.7 Å². The van der Waals surface area contributed by atoms with E-state index in [4.69, 9.17) is 47.6 Å². The number of rotatable bonds is 14. The van der Waals surface area contributed by atoms with Crippen LogP contribution in [0.25, 0.3) is 10.9 Å². The summed E-state index contributed by atoms with van der Waals surface area (Å²) in [5.74, 6) is 1.03. The van der Waals surface area contributed by atoms with Crippen LogP contribution < -0.4 is 14.4 Å². The Kier molecular flexibility index (Phi) is 11.9. The van der Waals surface area contributed by atoms with Gasteiger partial charge in [0.15, 0.2) is 0 Å². The molecule has 0 radical (unpaired) electrons. The summed E-state index contributed by atoms with van der Waals surface area (Å²) < 4.78 is 16.5. The first-order valence-corrected chi connectivity index (χ1v) is 14.4. The Hall–Kier alpha value is -3.02. The highest BCUT2D eigenvalue weighted by molar-refractivity contribution is 6.43. The number of unbranched alkanes of at least 4 members (excludes halogenated alkanes) is 1. The Bertz CT molecular complexity index is 1270. The van der Waals surface area contributed by atoms with Crippen molar-refractivity contribution < 1.29 is 29.2 Å². The summed E-state index contributed by atoms with van der Waals surface area (Å²) in [6.45, 7) is 4.74. The number of aromatic nitrogens is 1. The highest BCUT2D eigenvalue weighted by Gasteiger charge is 2.19. The standard InChI is InChI=1S/C29H36Cl2N4O6/c30-24-4-3-5-26(28(24)31)34-13-11-33(12-14-34)10-1-2-19-39-23-8-6-22-7-9-27(32-25(22)20-23)40-21-41-29(38)35(15-17-36)16-18-37/h3-9,20,36-37H,1-2,10-19,21H2. The molecule has 1 fully saturated rings. The van der Waals surface area contributed by atoms with Gasteiger partial charge in [0.1, 0.15) is 5.75 Å². The molecule has 1 saturated heterocycles. The monoisotopic (exact) mass is 606 g/mol. The Morgan fingerprint density at radius 2 is 1.71 bits per heavy atom. The molecule has 4 rings (SSSR count). The van der Waals surface area contributed by atoms with Crippen LogP contribution in [0.3, 0.4) is 0 Å². The lowest BCUT2D eigenvalue weighted by Crippen LogP contribution is -2.46. The maximum atomic E-state index is 12.0. The van der Waals surface area contributed by atoms with Gasteiger partial charge < -0.3 is 34.2 Å². The molecule has 0 atom stereocenters. The quantitative estimate of drug-likeness (QED) is 0.205. The minimum Gasteiger partial charge on any atom is -0.494 e. The van der Waals surface area contributed by atoms with Crippen molar-refractivity contribution in [3.05, 3.63) is 58.6 Å². The summed E-state index contributed by atoms with van der Waals surface area (Å²) in [5.41, 5.74) is 1.70. The zero-order valence-corrected chi connectivity index (χ0v) is 24.4. The lowest BCUT2D eigenvalue weighted by Gasteiger charge is -2.36. The second-order valence-electron chi connectivity index (χ2n) is 9.57. The van der Waals surface area contributed by atoms with Crippen molar-refractivity contribution in [2.75, 3.05) is 77.3 Å². The highest BCUT2D eigenvalue weighted by Crippen LogP contribution is 2.33. The van der Waals surface area contributed by atoms with Crippen LogP contribution in [0.4, 0.5) is 10.5 Å². The van der Waals surface area contributed by atoms with Crippen LogP contribution in [-0.4, -0.2) is 104 Å². The molecule has 1 aliphatic heterocycles. The number of aliphatic hydroxyl groups is 2. The molecule has 0 unspecified atom stereocenters. The molecule has 12 heteroatoms. The molecule has 1 amide bonds. The zero-order valence-electron chi connectivity index (χ0n) is 22.9. The number of hydrogen-bond acceptors (Lipinski definition) is 9. The van der Waals surface area contributed by atoms with E-state index in [-0.39, 0.29) is 33.1 Å². The van der Waals surface area contributed by atoms with Crippen LogP contribution in [-0.2, 0) is 4.74 Å². The number of hydrogen-bond donors (Lipinski definition) is 2. The van der Waals surface area contributed by atoms with Crippen LogP contribution in [0.15, 0.2) is 48.5 Å². The van der Waals surface area contributed by atoms with Crippen molar-refractivity contribution in [2.45, 2.75) is 12.8 Å². The maximum absolute atomic E-state index is 12.0. The maximum Gasteiger partial charge on any atom is 0.412 e. The molecule has 0 aliphatic carbocycles. The number of fused-ring (bicyclic) bond motifs is 1. The third-order valence-electron chi connectivity index (χ3n) is 6.81. The number of halogens is 2. The van der Waals surface area contributed by atoms with E-state index in [0.29, 0.717) is 28.0 Å². The summed E-state index contributed by atoms with van der Waals surface area (Å²) in [7, 11) is 0. The SMILES string of the molecule is O=C(OCOc1ccc2ccc(OCCCCN3CCN(c4cccc(Cl)c4Cl)CC3)cc2n1)N(CCO)CCO. The number of carbonyl (C=O) groups is 1. The molecule has 1 aliphatic rings. The van der Waals surface area contributed by atoms with Crippen LogP contribution in [0.2, 0.25) is 10.0 Å². The fraction of sp³-hybridized carbons (Fsp3) is 0.448. The van der Waals surface area contributed by atoms with E-state index in [2.05, 4.69) is 14.8 Å². The molecule has 2 aromatic carbocycles. The van der Waals surface area contributed by atoms with Gasteiger partial charge in [-0.3, -0.25) is 4.90 Å². The largest absolute Gasteiger partial charge is 0.494 e. The second-order valence-corrected chi connectivity index (χ2v) is 10.4. The Balaban J connectivity index is 1.17. The minimum absolute atomic E-state index is 0.0634. The van der Waals surface area contributed by atoms with Crippen molar-refractivity contribution >= 4 is 45.9 Å². The van der Waals surface area contributed by atoms with Gasteiger partial charge in [-0.2, -0.15) is 0 Å². The Morgan fingerprint density at radius 1 is 0.951 bits per heavy atom. The number of piperazine rings is 1. The van der Waals surface area contributed by atoms with Crippen molar-refractivity contribution in [2.24, 2.45) is 0 Å².